The Kier molecular flexibility index (Phi) is 3.17. The van der Waals surface area contributed by atoms with Gasteiger partial charge in [0.05, 0.1) is 0 Å². The van der Waals surface area contributed by atoms with Crippen molar-refractivity contribution in [3.63, 3.8) is 0 Å². The van der Waals surface area contributed by atoms with Crippen LogP contribution in [0.5, 0.6) is 0 Å². The first-order valence-electron chi connectivity index (χ1n) is 12.9. The van der Waals surface area contributed by atoms with Gasteiger partial charge in [0.1, 0.15) is 0 Å². The van der Waals surface area contributed by atoms with E-state index in [1.165, 1.54) is 96.6 Å². The summed E-state index contributed by atoms with van der Waals surface area (Å²) in [6, 6.07) is 41.1. The van der Waals surface area contributed by atoms with Crippen LogP contribution in [0, 0.1) is 0 Å². The number of hydrogen-bond acceptors (Lipinski definition) is 1. The van der Waals surface area contributed by atoms with Gasteiger partial charge in [0, 0.05) is 20.9 Å². The highest BCUT2D eigenvalue weighted by atomic mass is 32.1. The van der Waals surface area contributed by atoms with Crippen molar-refractivity contribution in [3.8, 4) is 32.0 Å². The molecule has 0 unspecified atom stereocenters. The maximum atomic E-state index is 2.44. The minimum Gasteiger partial charge on any atom is -0.135 e. The normalized spacial score (nSPS) is 12.9. The highest BCUT2D eigenvalue weighted by Gasteiger charge is 2.27. The molecule has 1 aliphatic rings. The largest absolute Gasteiger partial charge is 0.135 e. The van der Waals surface area contributed by atoms with E-state index in [0.717, 1.165) is 0 Å². The molecule has 0 radical (unpaired) electrons. The van der Waals surface area contributed by atoms with Crippen LogP contribution in [0.15, 0.2) is 109 Å². The zero-order valence-corrected chi connectivity index (χ0v) is 20.6. The molecule has 0 amide bonds. The second-order valence-corrected chi connectivity index (χ2v) is 11.5. The van der Waals surface area contributed by atoms with Crippen molar-refractivity contribution in [3.05, 3.63) is 109 Å². The third kappa shape index (κ3) is 2.13. The fourth-order valence-corrected chi connectivity index (χ4v) is 8.39. The first kappa shape index (κ1) is 18.8. The van der Waals surface area contributed by atoms with E-state index in [0.29, 0.717) is 0 Å². The van der Waals surface area contributed by atoms with Crippen molar-refractivity contribution in [2.75, 3.05) is 0 Å². The summed E-state index contributed by atoms with van der Waals surface area (Å²) in [6.07, 6.45) is 0. The minimum absolute atomic E-state index is 1.30. The summed E-state index contributed by atoms with van der Waals surface area (Å²) >= 11 is 1.93. The zero-order valence-electron chi connectivity index (χ0n) is 19.8. The smallest absolute Gasteiger partial charge is 0.0434 e. The molecule has 0 bridgehead atoms. The van der Waals surface area contributed by atoms with Gasteiger partial charge in [0.15, 0.2) is 0 Å². The van der Waals surface area contributed by atoms with Crippen LogP contribution in [-0.4, -0.2) is 0 Å². The summed E-state index contributed by atoms with van der Waals surface area (Å²) in [7, 11) is 0. The predicted octanol–water partition coefficient (Wildman–Crippen LogP) is 10.9. The Balaban J connectivity index is 1.39. The van der Waals surface area contributed by atoms with Crippen LogP contribution in [0.1, 0.15) is 0 Å². The van der Waals surface area contributed by atoms with Gasteiger partial charge in [-0.2, -0.15) is 0 Å². The fourth-order valence-electron chi connectivity index (χ4n) is 7.18. The van der Waals surface area contributed by atoms with Gasteiger partial charge in [0.2, 0.25) is 0 Å². The van der Waals surface area contributed by atoms with Crippen LogP contribution < -0.4 is 0 Å². The number of thiophene rings is 1. The molecule has 0 nitrogen and oxygen atoms in total. The number of benzene rings is 8. The van der Waals surface area contributed by atoms with Gasteiger partial charge in [-0.05, 0) is 87.9 Å². The molecule has 1 aliphatic carbocycles. The molecule has 0 N–H and O–H groups in total. The van der Waals surface area contributed by atoms with Crippen LogP contribution in [0.2, 0.25) is 0 Å². The van der Waals surface area contributed by atoms with Crippen molar-refractivity contribution >= 4 is 76.0 Å². The number of fused-ring (bicyclic) bond motifs is 5. The molecule has 9 aromatic rings. The highest BCUT2D eigenvalue weighted by Crippen LogP contribution is 2.56. The molecule has 37 heavy (non-hydrogen) atoms. The lowest BCUT2D eigenvalue weighted by Crippen LogP contribution is -1.91. The topological polar surface area (TPSA) is 0 Å². The van der Waals surface area contributed by atoms with E-state index >= 15 is 0 Å². The van der Waals surface area contributed by atoms with Crippen LogP contribution in [0.4, 0.5) is 0 Å². The molecule has 0 fully saturated rings. The Labute approximate surface area is 216 Å². The number of hydrogen-bond donors (Lipinski definition) is 0. The van der Waals surface area contributed by atoms with Gasteiger partial charge in [0.25, 0.3) is 0 Å². The average molecular weight is 483 g/mol. The summed E-state index contributed by atoms with van der Waals surface area (Å²) in [6.45, 7) is 0. The van der Waals surface area contributed by atoms with Crippen molar-refractivity contribution in [2.45, 2.75) is 0 Å². The molecular formula is C36H18S. The lowest BCUT2D eigenvalue weighted by atomic mass is 9.84. The maximum absolute atomic E-state index is 2.44. The first-order chi connectivity index (χ1) is 18.3. The molecule has 8 aromatic carbocycles. The molecule has 1 heteroatoms. The van der Waals surface area contributed by atoms with Crippen molar-refractivity contribution in [1.82, 2.24) is 0 Å². The summed E-state index contributed by atoms with van der Waals surface area (Å²) < 4.78 is 0. The third-order valence-electron chi connectivity index (χ3n) is 8.69. The van der Waals surface area contributed by atoms with E-state index in [9.17, 15) is 0 Å². The summed E-state index contributed by atoms with van der Waals surface area (Å²) in [5, 5.41) is 16.6. The van der Waals surface area contributed by atoms with Crippen LogP contribution in [-0.2, 0) is 0 Å². The highest BCUT2D eigenvalue weighted by molar-refractivity contribution is 7.19. The predicted molar refractivity (Wildman–Crippen MR) is 162 cm³/mol. The van der Waals surface area contributed by atoms with E-state index in [1.807, 2.05) is 11.3 Å². The summed E-state index contributed by atoms with van der Waals surface area (Å²) in [5.41, 5.74) is 5.46. The van der Waals surface area contributed by atoms with Gasteiger partial charge in [-0.1, -0.05) is 97.1 Å². The Morgan fingerprint density at radius 1 is 0.378 bits per heavy atom. The Bertz CT molecular complexity index is 2360. The van der Waals surface area contributed by atoms with Crippen LogP contribution in [0.3, 0.4) is 0 Å². The standard InChI is InChI=1S/C36H18S/c1-2-5-19(6-3-1)30-18-29-26-14-13-25-28-17-22-8-4-7-20-9-10-21-11-12-23(35(28)32(21)31(20)22)24-15-16-27(36(29)37-30)34(26)33(24)25/h1-18H. The number of rotatable bonds is 1. The summed E-state index contributed by atoms with van der Waals surface area (Å²) in [5.74, 6) is 0. The molecular weight excluding hydrogens is 464 g/mol. The van der Waals surface area contributed by atoms with E-state index in [-0.39, 0.29) is 0 Å². The van der Waals surface area contributed by atoms with Crippen molar-refractivity contribution < 1.29 is 0 Å². The van der Waals surface area contributed by atoms with Gasteiger partial charge in [-0.3, -0.25) is 0 Å². The van der Waals surface area contributed by atoms with E-state index in [1.54, 1.807) is 0 Å². The second kappa shape index (κ2) is 6.26. The fraction of sp³-hybridized carbons (Fsp3) is 0. The average Bonchev–Trinajstić information content (AvgIpc) is 3.52. The van der Waals surface area contributed by atoms with Gasteiger partial charge >= 0.3 is 0 Å². The van der Waals surface area contributed by atoms with E-state index in [4.69, 9.17) is 0 Å². The molecule has 0 saturated carbocycles. The second-order valence-electron chi connectivity index (χ2n) is 10.4. The Morgan fingerprint density at radius 3 is 1.92 bits per heavy atom. The molecule has 0 atom stereocenters. The van der Waals surface area contributed by atoms with E-state index < -0.39 is 0 Å². The lowest BCUT2D eigenvalue weighted by Gasteiger charge is -2.19. The molecule has 1 heterocycles. The lowest BCUT2D eigenvalue weighted by molar-refractivity contribution is 1.70. The van der Waals surface area contributed by atoms with Gasteiger partial charge in [-0.25, -0.2) is 0 Å². The van der Waals surface area contributed by atoms with Gasteiger partial charge < -0.3 is 0 Å². The molecule has 1 aromatic heterocycles. The zero-order chi connectivity index (χ0) is 23.8. The Morgan fingerprint density at radius 2 is 1.05 bits per heavy atom. The van der Waals surface area contributed by atoms with Crippen LogP contribution >= 0.6 is 11.3 Å². The molecule has 0 saturated heterocycles. The molecule has 10 rings (SSSR count). The monoisotopic (exact) mass is 482 g/mol. The minimum atomic E-state index is 1.30. The maximum Gasteiger partial charge on any atom is 0.0434 e. The first-order valence-corrected chi connectivity index (χ1v) is 13.7. The molecule has 0 aliphatic heterocycles. The SMILES string of the molecule is c1ccc(-c2cc3c(s2)-c2ccc4c5ccc6ccc7cccc8cc(c9ccc-3c2c49)c5c6c78)cc1. The summed E-state index contributed by atoms with van der Waals surface area (Å²) in [4.78, 5) is 2.75. The molecule has 0 spiro atoms. The molecule has 168 valence electrons. The van der Waals surface area contributed by atoms with Crippen molar-refractivity contribution in [2.24, 2.45) is 0 Å². The van der Waals surface area contributed by atoms with Gasteiger partial charge in [-0.15, -0.1) is 11.3 Å². The van der Waals surface area contributed by atoms with Crippen LogP contribution in [0.25, 0.3) is 96.6 Å². The quantitative estimate of drug-likeness (QED) is 0.161. The van der Waals surface area contributed by atoms with Crippen molar-refractivity contribution in [1.29, 1.82) is 0 Å². The van der Waals surface area contributed by atoms with E-state index in [2.05, 4.69) is 109 Å². The third-order valence-corrected chi connectivity index (χ3v) is 9.91. The Hall–Kier alpha value is -4.46.